The third-order valence-electron chi connectivity index (χ3n) is 4.34. The molecule has 0 unspecified atom stereocenters. The van der Waals surface area contributed by atoms with Crippen LogP contribution in [0.15, 0.2) is 23.4 Å². The molecule has 0 aromatic heterocycles. The van der Waals surface area contributed by atoms with Gasteiger partial charge in [-0.15, -0.1) is 0 Å². The monoisotopic (exact) mass is 327 g/mol. The van der Waals surface area contributed by atoms with Crippen LogP contribution < -0.4 is 0 Å². The van der Waals surface area contributed by atoms with Crippen molar-refractivity contribution in [1.29, 1.82) is 0 Å². The van der Waals surface area contributed by atoms with E-state index in [-0.39, 0.29) is 5.56 Å². The Balaban J connectivity index is 2.14. The van der Waals surface area contributed by atoms with E-state index in [1.165, 1.54) is 31.4 Å². The molecule has 0 spiro atoms. The third kappa shape index (κ3) is 4.98. The van der Waals surface area contributed by atoms with E-state index in [2.05, 4.69) is 5.16 Å². The predicted octanol–water partition coefficient (Wildman–Crippen LogP) is 5.72. The molecule has 23 heavy (non-hydrogen) atoms. The summed E-state index contributed by atoms with van der Waals surface area (Å²) in [6, 6.07) is 4.34. The number of hydrogen-bond donors (Lipinski definition) is 0. The molecule has 2 nitrogen and oxygen atoms in total. The number of nitrogens with zero attached hydrogens (tertiary/aromatic N) is 1. The van der Waals surface area contributed by atoms with Gasteiger partial charge in [-0.1, -0.05) is 49.0 Å². The van der Waals surface area contributed by atoms with Gasteiger partial charge in [0.2, 0.25) is 0 Å². The highest BCUT2D eigenvalue weighted by molar-refractivity contribution is 6.01. The molecule has 0 radical (unpaired) electrons. The fourth-order valence-electron chi connectivity index (χ4n) is 3.02. The summed E-state index contributed by atoms with van der Waals surface area (Å²) in [7, 11) is 0. The van der Waals surface area contributed by atoms with Crippen LogP contribution in [0.1, 0.15) is 62.1 Å². The highest BCUT2D eigenvalue weighted by atomic mass is 19.4. The van der Waals surface area contributed by atoms with E-state index in [1.54, 1.807) is 19.9 Å². The molecule has 0 amide bonds. The van der Waals surface area contributed by atoms with E-state index in [4.69, 9.17) is 4.84 Å². The van der Waals surface area contributed by atoms with Crippen molar-refractivity contribution in [3.8, 4) is 0 Å². The minimum Gasteiger partial charge on any atom is -0.395 e. The van der Waals surface area contributed by atoms with Crippen molar-refractivity contribution in [3.05, 3.63) is 34.9 Å². The first-order valence-electron chi connectivity index (χ1n) is 8.29. The van der Waals surface area contributed by atoms with Crippen molar-refractivity contribution in [3.63, 3.8) is 0 Å². The molecule has 1 aromatic rings. The maximum atomic E-state index is 13.2. The normalized spacial score (nSPS) is 17.3. The predicted molar refractivity (Wildman–Crippen MR) is 85.5 cm³/mol. The smallest absolute Gasteiger partial charge is 0.395 e. The number of benzene rings is 1. The molecule has 1 aromatic carbocycles. The first-order valence-corrected chi connectivity index (χ1v) is 8.29. The fourth-order valence-corrected chi connectivity index (χ4v) is 3.02. The maximum absolute atomic E-state index is 13.2. The molecule has 5 heteroatoms. The molecule has 2 rings (SSSR count). The van der Waals surface area contributed by atoms with Crippen molar-refractivity contribution in [1.82, 2.24) is 0 Å². The largest absolute Gasteiger partial charge is 0.417 e. The van der Waals surface area contributed by atoms with Gasteiger partial charge in [0.15, 0.2) is 0 Å². The second kappa shape index (κ2) is 7.84. The van der Waals surface area contributed by atoms with Crippen LogP contribution in [-0.2, 0) is 11.0 Å². The lowest BCUT2D eigenvalue weighted by atomic mass is 9.90. The maximum Gasteiger partial charge on any atom is 0.417 e. The minimum atomic E-state index is -4.39. The van der Waals surface area contributed by atoms with Gasteiger partial charge in [-0.25, -0.2) is 0 Å². The molecule has 1 fully saturated rings. The van der Waals surface area contributed by atoms with Crippen LogP contribution in [0.4, 0.5) is 13.2 Å². The van der Waals surface area contributed by atoms with Crippen molar-refractivity contribution >= 4 is 5.71 Å². The lowest BCUT2D eigenvalue weighted by Crippen LogP contribution is -2.15. The Morgan fingerprint density at radius 1 is 1.22 bits per heavy atom. The van der Waals surface area contributed by atoms with E-state index >= 15 is 0 Å². The zero-order valence-corrected chi connectivity index (χ0v) is 13.7. The zero-order chi connectivity index (χ0) is 16.9. The minimum absolute atomic E-state index is 0.120. The standard InChI is InChI=1S/C18H24F3NO/c1-3-17(22-23-12-14-7-5-4-6-8-14)15-10-9-13(2)11-16(15)18(19,20)21/h9-11,14H,3-8,12H2,1-2H3/b22-17-. The molecule has 0 aliphatic heterocycles. The number of hydrogen-bond acceptors (Lipinski definition) is 2. The fraction of sp³-hybridized carbons (Fsp3) is 0.611. The first kappa shape index (κ1) is 17.8. The van der Waals surface area contributed by atoms with Crippen molar-refractivity contribution < 1.29 is 18.0 Å². The van der Waals surface area contributed by atoms with E-state index in [1.807, 2.05) is 0 Å². The molecule has 0 bridgehead atoms. The van der Waals surface area contributed by atoms with Gasteiger partial charge in [-0.2, -0.15) is 13.2 Å². The summed E-state index contributed by atoms with van der Waals surface area (Å²) < 4.78 is 39.7. The first-order chi connectivity index (χ1) is 10.9. The third-order valence-corrected chi connectivity index (χ3v) is 4.34. The van der Waals surface area contributed by atoms with Crippen LogP contribution in [0.2, 0.25) is 0 Å². The number of aryl methyl sites for hydroxylation is 1. The zero-order valence-electron chi connectivity index (χ0n) is 13.7. The Morgan fingerprint density at radius 3 is 2.52 bits per heavy atom. The van der Waals surface area contributed by atoms with Gasteiger partial charge in [0.25, 0.3) is 0 Å². The number of alkyl halides is 3. The van der Waals surface area contributed by atoms with E-state index < -0.39 is 11.7 Å². The summed E-state index contributed by atoms with van der Waals surface area (Å²) in [6.07, 6.45) is 1.92. The van der Waals surface area contributed by atoms with Crippen molar-refractivity contribution in [2.75, 3.05) is 6.61 Å². The summed E-state index contributed by atoms with van der Waals surface area (Å²) in [5.74, 6) is 0.478. The Bertz CT molecular complexity index is 546. The molecule has 0 saturated heterocycles. The average Bonchev–Trinajstić information content (AvgIpc) is 2.52. The molecule has 0 N–H and O–H groups in total. The van der Waals surface area contributed by atoms with Crippen LogP contribution in [0.3, 0.4) is 0 Å². The summed E-state index contributed by atoms with van der Waals surface area (Å²) in [5.41, 5.74) is 0.418. The molecule has 1 saturated carbocycles. The van der Waals surface area contributed by atoms with Crippen LogP contribution in [0, 0.1) is 12.8 Å². The summed E-state index contributed by atoms with van der Waals surface area (Å²) in [5, 5.41) is 4.03. The van der Waals surface area contributed by atoms with Crippen LogP contribution >= 0.6 is 0 Å². The van der Waals surface area contributed by atoms with Gasteiger partial charge < -0.3 is 4.84 Å². The second-order valence-electron chi connectivity index (χ2n) is 6.24. The van der Waals surface area contributed by atoms with Gasteiger partial charge >= 0.3 is 6.18 Å². The lowest BCUT2D eigenvalue weighted by molar-refractivity contribution is -0.137. The quantitative estimate of drug-likeness (QED) is 0.500. The van der Waals surface area contributed by atoms with Crippen molar-refractivity contribution in [2.24, 2.45) is 11.1 Å². The van der Waals surface area contributed by atoms with Crippen LogP contribution in [0.25, 0.3) is 0 Å². The van der Waals surface area contributed by atoms with Gasteiger partial charge in [-0.05, 0) is 38.2 Å². The molecular weight excluding hydrogens is 303 g/mol. The highest BCUT2D eigenvalue weighted by Gasteiger charge is 2.34. The van der Waals surface area contributed by atoms with E-state index in [0.29, 0.717) is 30.2 Å². The molecule has 1 aliphatic carbocycles. The summed E-state index contributed by atoms with van der Waals surface area (Å²) in [6.45, 7) is 3.95. The summed E-state index contributed by atoms with van der Waals surface area (Å²) >= 11 is 0. The van der Waals surface area contributed by atoms with E-state index in [9.17, 15) is 13.2 Å². The second-order valence-corrected chi connectivity index (χ2v) is 6.24. The summed E-state index contributed by atoms with van der Waals surface area (Å²) in [4.78, 5) is 5.40. The Hall–Kier alpha value is -1.52. The van der Waals surface area contributed by atoms with Crippen molar-refractivity contribution in [2.45, 2.75) is 58.5 Å². The average molecular weight is 327 g/mol. The Morgan fingerprint density at radius 2 is 1.91 bits per heavy atom. The molecule has 1 aliphatic rings. The number of oxime groups is 1. The highest BCUT2D eigenvalue weighted by Crippen LogP contribution is 2.33. The Kier molecular flexibility index (Phi) is 6.08. The molecule has 128 valence electrons. The number of rotatable bonds is 5. The molecular formula is C18H24F3NO. The van der Waals surface area contributed by atoms with E-state index in [0.717, 1.165) is 12.8 Å². The number of halogens is 3. The van der Waals surface area contributed by atoms with Gasteiger partial charge in [-0.3, -0.25) is 0 Å². The SMILES string of the molecule is CC/C(=N/OCC1CCCCC1)c1ccc(C)cc1C(F)(F)F. The van der Waals surface area contributed by atoms with Gasteiger partial charge in [0, 0.05) is 5.56 Å². The van der Waals surface area contributed by atoms with Gasteiger partial charge in [0.05, 0.1) is 11.3 Å². The van der Waals surface area contributed by atoms with Gasteiger partial charge in [0.1, 0.15) is 6.61 Å². The van der Waals surface area contributed by atoms with Crippen LogP contribution in [0.5, 0.6) is 0 Å². The molecule has 0 atom stereocenters. The lowest BCUT2D eigenvalue weighted by Gasteiger charge is -2.20. The van der Waals surface area contributed by atoms with Crippen LogP contribution in [-0.4, -0.2) is 12.3 Å². The Labute approximate surface area is 135 Å². The molecule has 0 heterocycles. The topological polar surface area (TPSA) is 21.6 Å².